The minimum Gasteiger partial charge on any atom is -0.360 e. The highest BCUT2D eigenvalue weighted by Gasteiger charge is 2.25. The maximum absolute atomic E-state index is 12.3. The van der Waals surface area contributed by atoms with Crippen LogP contribution in [0.1, 0.15) is 37.4 Å². The molecule has 8 heteroatoms. The number of nitrogens with one attached hydrogen (secondary N) is 1. The summed E-state index contributed by atoms with van der Waals surface area (Å²) in [5, 5.41) is 0.0763. The highest BCUT2D eigenvalue weighted by atomic mass is 35.5. The van der Waals surface area contributed by atoms with Gasteiger partial charge in [0.1, 0.15) is 12.6 Å². The predicted octanol–water partition coefficient (Wildman–Crippen LogP) is 3.90. The van der Waals surface area contributed by atoms with Crippen LogP contribution in [0.2, 0.25) is 5.28 Å². The van der Waals surface area contributed by atoms with Gasteiger partial charge in [0.15, 0.2) is 11.2 Å². The van der Waals surface area contributed by atoms with Crippen LogP contribution in [0.25, 0.3) is 11.2 Å². The Morgan fingerprint density at radius 1 is 1.27 bits per heavy atom. The lowest BCUT2D eigenvalue weighted by Crippen LogP contribution is -2.17. The van der Waals surface area contributed by atoms with Gasteiger partial charge in [0, 0.05) is 11.7 Å². The van der Waals surface area contributed by atoms with Crippen molar-refractivity contribution in [3.05, 3.63) is 34.6 Å². The van der Waals surface area contributed by atoms with E-state index in [9.17, 15) is 4.79 Å². The van der Waals surface area contributed by atoms with Crippen LogP contribution in [0, 0.1) is 0 Å². The largest absolute Gasteiger partial charge is 0.360 e. The molecule has 1 fully saturated rings. The van der Waals surface area contributed by atoms with Crippen molar-refractivity contribution in [3.63, 3.8) is 0 Å². The van der Waals surface area contributed by atoms with E-state index in [1.54, 1.807) is 0 Å². The molecule has 146 valence electrons. The van der Waals surface area contributed by atoms with Crippen molar-refractivity contribution < 1.29 is 4.74 Å². The third-order valence-corrected chi connectivity index (χ3v) is 5.97. The molecule has 0 unspecified atom stereocenters. The van der Waals surface area contributed by atoms with Crippen LogP contribution >= 0.6 is 21.6 Å². The second-order valence-electron chi connectivity index (χ2n) is 7.24. The van der Waals surface area contributed by atoms with Crippen LogP contribution in [0.3, 0.4) is 0 Å². The van der Waals surface area contributed by atoms with Crippen molar-refractivity contribution in [2.24, 2.45) is 0 Å². The quantitative estimate of drug-likeness (QED) is 0.453. The van der Waals surface area contributed by atoms with Crippen LogP contribution in [0.4, 0.5) is 0 Å². The smallest absolute Gasteiger partial charge is 0.278 e. The summed E-state index contributed by atoms with van der Waals surface area (Å²) in [7, 11) is -0.595. The molecule has 1 saturated carbocycles. The summed E-state index contributed by atoms with van der Waals surface area (Å²) in [6.07, 6.45) is 11.4. The van der Waals surface area contributed by atoms with Crippen LogP contribution in [0.5, 0.6) is 0 Å². The van der Waals surface area contributed by atoms with E-state index in [0.29, 0.717) is 30.4 Å². The first-order valence-corrected chi connectivity index (χ1v) is 12.2. The molecule has 0 aromatic carbocycles. The molecule has 6 nitrogen and oxygen atoms in total. The number of hydrogen-bond donors (Lipinski definition) is 1. The molecule has 1 aliphatic rings. The number of fused-ring (bicyclic) bond motifs is 1. The fourth-order valence-electron chi connectivity index (χ4n) is 3.12. The van der Waals surface area contributed by atoms with Gasteiger partial charge in [0.05, 0.1) is 6.61 Å². The summed E-state index contributed by atoms with van der Waals surface area (Å²) in [6, 6.07) is 0. The Morgan fingerprint density at radius 2 is 1.92 bits per heavy atom. The zero-order valence-electron chi connectivity index (χ0n) is 15.9. The first kappa shape index (κ1) is 21.0. The van der Waals surface area contributed by atoms with E-state index >= 15 is 0 Å². The van der Waals surface area contributed by atoms with Gasteiger partial charge in [-0.2, -0.15) is 4.98 Å². The topological polar surface area (TPSA) is 72.8 Å². The Morgan fingerprint density at radius 3 is 2.54 bits per heavy atom. The fourth-order valence-corrected chi connectivity index (χ4v) is 3.91. The van der Waals surface area contributed by atoms with E-state index in [1.165, 1.54) is 12.8 Å². The molecule has 0 radical (unpaired) electrons. The molecule has 1 aliphatic carbocycles. The van der Waals surface area contributed by atoms with Gasteiger partial charge in [-0.3, -0.25) is 14.3 Å². The average Bonchev–Trinajstić information content (AvgIpc) is 3.20. The SMILES string of the molecule is C=C.CS(C)(C)CCOCn1c(C2CCCC2)nc2nc(Cl)[nH]c(=O)c21. The Hall–Kier alpha value is -1.31. The van der Waals surface area contributed by atoms with Crippen molar-refractivity contribution in [3.8, 4) is 0 Å². The summed E-state index contributed by atoms with van der Waals surface area (Å²) < 4.78 is 7.77. The summed E-state index contributed by atoms with van der Waals surface area (Å²) in [6.45, 7) is 7.02. The number of halogens is 1. The normalized spacial score (nSPS) is 15.8. The van der Waals surface area contributed by atoms with Gasteiger partial charge < -0.3 is 4.74 Å². The molecule has 0 atom stereocenters. The first-order valence-electron chi connectivity index (χ1n) is 8.75. The predicted molar refractivity (Wildman–Crippen MR) is 112 cm³/mol. The van der Waals surface area contributed by atoms with Gasteiger partial charge in [-0.15, -0.1) is 13.2 Å². The average molecular weight is 401 g/mol. The second kappa shape index (κ2) is 9.06. The number of imidazole rings is 1. The van der Waals surface area contributed by atoms with E-state index < -0.39 is 10.0 Å². The Labute approximate surface area is 161 Å². The number of aromatic amines is 1. The van der Waals surface area contributed by atoms with Gasteiger partial charge >= 0.3 is 0 Å². The molecular weight excluding hydrogens is 372 g/mol. The van der Waals surface area contributed by atoms with Crippen molar-refractivity contribution in [2.45, 2.75) is 38.3 Å². The lowest BCUT2D eigenvalue weighted by Gasteiger charge is -2.24. The summed E-state index contributed by atoms with van der Waals surface area (Å²) >= 11 is 5.88. The van der Waals surface area contributed by atoms with Gasteiger partial charge in [-0.25, -0.2) is 15.0 Å². The van der Waals surface area contributed by atoms with Crippen LogP contribution in [-0.2, 0) is 11.5 Å². The van der Waals surface area contributed by atoms with Crippen LogP contribution in [0.15, 0.2) is 18.0 Å². The highest BCUT2D eigenvalue weighted by Crippen LogP contribution is 2.35. The van der Waals surface area contributed by atoms with Crippen molar-refractivity contribution in [1.29, 1.82) is 0 Å². The molecule has 0 aliphatic heterocycles. The number of rotatable bonds is 6. The number of nitrogens with zero attached hydrogens (tertiary/aromatic N) is 3. The molecule has 2 aromatic heterocycles. The molecule has 3 rings (SSSR count). The summed E-state index contributed by atoms with van der Waals surface area (Å²) in [4.78, 5) is 23.7. The summed E-state index contributed by atoms with van der Waals surface area (Å²) in [5.41, 5.74) is 0.617. The highest BCUT2D eigenvalue weighted by molar-refractivity contribution is 8.32. The lowest BCUT2D eigenvalue weighted by molar-refractivity contribution is 0.0894. The lowest BCUT2D eigenvalue weighted by atomic mass is 10.1. The number of hydrogen-bond acceptors (Lipinski definition) is 4. The minimum absolute atomic E-state index is 0.0763. The third kappa shape index (κ3) is 5.11. The van der Waals surface area contributed by atoms with Crippen LogP contribution in [-0.4, -0.2) is 50.6 Å². The fraction of sp³-hybridized carbons (Fsp3) is 0.611. The number of aromatic nitrogens is 4. The Balaban J connectivity index is 0.00000117. The number of H-pyrrole nitrogens is 1. The van der Waals surface area contributed by atoms with E-state index in [-0.39, 0.29) is 10.8 Å². The molecule has 0 amide bonds. The van der Waals surface area contributed by atoms with E-state index in [2.05, 4.69) is 46.9 Å². The zero-order chi connectivity index (χ0) is 19.3. The standard InChI is InChI=1S/C16H25ClN4O2S.C2H4/c1-24(2,3)9-8-23-10-21-12-13(19-16(17)20-15(12)22)18-14(21)11-6-4-5-7-11;1-2/h11H,4-10H2,1-3H3,(H,19,20,22);1-2H2. The first-order chi connectivity index (χ1) is 12.3. The van der Waals surface area contributed by atoms with Gasteiger partial charge in [-0.1, -0.05) is 12.8 Å². The van der Waals surface area contributed by atoms with Crippen molar-refractivity contribution >= 4 is 32.8 Å². The van der Waals surface area contributed by atoms with Gasteiger partial charge in [0.25, 0.3) is 5.56 Å². The Bertz CT molecular complexity index is 791. The maximum atomic E-state index is 12.3. The van der Waals surface area contributed by atoms with E-state index in [0.717, 1.165) is 24.4 Å². The van der Waals surface area contributed by atoms with E-state index in [1.807, 2.05) is 4.57 Å². The number of ether oxygens (including phenoxy) is 1. The zero-order valence-corrected chi connectivity index (χ0v) is 17.5. The molecule has 0 saturated heterocycles. The molecule has 0 spiro atoms. The maximum Gasteiger partial charge on any atom is 0.278 e. The molecule has 26 heavy (non-hydrogen) atoms. The Kier molecular flexibility index (Phi) is 7.32. The van der Waals surface area contributed by atoms with Crippen molar-refractivity contribution in [2.75, 3.05) is 31.1 Å². The van der Waals surface area contributed by atoms with Gasteiger partial charge in [-0.05, 0) is 43.2 Å². The van der Waals surface area contributed by atoms with E-state index in [4.69, 9.17) is 16.3 Å². The van der Waals surface area contributed by atoms with Crippen LogP contribution < -0.4 is 5.56 Å². The molecule has 2 heterocycles. The second-order valence-corrected chi connectivity index (χ2v) is 12.2. The minimum atomic E-state index is -0.595. The van der Waals surface area contributed by atoms with Gasteiger partial charge in [0.2, 0.25) is 5.28 Å². The molecular formula is C18H29ClN4O2S. The third-order valence-electron chi connectivity index (χ3n) is 4.40. The monoisotopic (exact) mass is 400 g/mol. The molecule has 2 aromatic rings. The molecule has 0 bridgehead atoms. The van der Waals surface area contributed by atoms with Crippen molar-refractivity contribution in [1.82, 2.24) is 19.5 Å². The molecule has 1 N–H and O–H groups in total. The summed E-state index contributed by atoms with van der Waals surface area (Å²) in [5.74, 6) is 2.32.